The Morgan fingerprint density at radius 3 is 2.27 bits per heavy atom. The SMILES string of the molecule is CC1=NC(=O)[C@H](CCOC(=O)CN(C)C)N(C)C(=O)[C@@H]2CCCN2C(=O)[C@@H](NC(=O)[C@H](Cc2ccccc2)NC(=O)Cc2ccccc2)COC(=O)[C@@H]2C[C@@H](C)CN2C1=O. The summed E-state index contributed by atoms with van der Waals surface area (Å²) in [5.74, 6) is -5.54. The molecule has 0 bridgehead atoms. The molecule has 5 rings (SSSR count). The molecule has 322 valence electrons. The molecule has 3 aliphatic heterocycles. The van der Waals surface area contributed by atoms with Crippen LogP contribution in [0.2, 0.25) is 0 Å². The van der Waals surface area contributed by atoms with Gasteiger partial charge in [-0.05, 0) is 57.3 Å². The topological polar surface area (TPSA) is 204 Å². The second-order valence-electron chi connectivity index (χ2n) is 15.9. The van der Waals surface area contributed by atoms with E-state index in [1.807, 2.05) is 19.1 Å². The Kier molecular flexibility index (Phi) is 15.7. The Hall–Kier alpha value is -5.97. The highest BCUT2D eigenvalue weighted by Gasteiger charge is 2.44. The molecular formula is C43H55N7O10. The van der Waals surface area contributed by atoms with Crippen LogP contribution in [0.5, 0.6) is 0 Å². The van der Waals surface area contributed by atoms with E-state index in [9.17, 15) is 38.4 Å². The van der Waals surface area contributed by atoms with E-state index in [1.54, 1.807) is 67.5 Å². The maximum atomic E-state index is 14.6. The molecule has 0 unspecified atom stereocenters. The molecule has 2 aromatic carbocycles. The summed E-state index contributed by atoms with van der Waals surface area (Å²) in [5, 5.41) is 5.52. The van der Waals surface area contributed by atoms with Gasteiger partial charge in [-0.15, -0.1) is 0 Å². The molecule has 2 aromatic rings. The molecule has 17 heteroatoms. The second-order valence-corrected chi connectivity index (χ2v) is 15.9. The standard InChI is InChI=1S/C43H55N7O10/c1-27-21-35-43(58)60-26-32(46-38(53)31(22-29-13-8-6-9-14-29)45-36(51)23-30-15-10-7-11-16-30)41(56)49-19-12-17-34(49)42(57)48(5)33(18-20-59-37(52)25-47(3)4)39(54)44-28(2)40(55)50(35)24-27/h6-11,13-16,27,31-35H,12,17-26H2,1-5H3,(H,45,51)(H,46,53)/t27-,31+,32+,33+,34+,35+/m1/s1. The molecule has 0 spiro atoms. The third kappa shape index (κ3) is 11.8. The highest BCUT2D eigenvalue weighted by atomic mass is 16.5. The average molecular weight is 830 g/mol. The number of nitrogens with zero attached hydrogens (tertiary/aromatic N) is 5. The van der Waals surface area contributed by atoms with Gasteiger partial charge in [0.1, 0.15) is 42.5 Å². The number of hydrogen-bond donors (Lipinski definition) is 2. The lowest BCUT2D eigenvalue weighted by Gasteiger charge is -2.34. The molecule has 6 atom stereocenters. The van der Waals surface area contributed by atoms with Crippen LogP contribution in [0, 0.1) is 5.92 Å². The summed E-state index contributed by atoms with van der Waals surface area (Å²) in [6.07, 6.45) is 0.766. The van der Waals surface area contributed by atoms with E-state index in [0.717, 1.165) is 16.0 Å². The quantitative estimate of drug-likeness (QED) is 0.283. The number of carbonyl (C=O) groups excluding carboxylic acids is 8. The van der Waals surface area contributed by atoms with Gasteiger partial charge in [-0.1, -0.05) is 67.6 Å². The normalized spacial score (nSPS) is 23.4. The van der Waals surface area contributed by atoms with Gasteiger partial charge in [-0.3, -0.25) is 38.5 Å². The third-order valence-corrected chi connectivity index (χ3v) is 10.8. The summed E-state index contributed by atoms with van der Waals surface area (Å²) in [6.45, 7) is 2.58. The number of fused-ring (bicyclic) bond motifs is 2. The maximum Gasteiger partial charge on any atom is 0.328 e. The third-order valence-electron chi connectivity index (χ3n) is 10.8. The molecule has 6 amide bonds. The van der Waals surface area contributed by atoms with Crippen LogP contribution >= 0.6 is 0 Å². The van der Waals surface area contributed by atoms with Crippen molar-refractivity contribution in [3.8, 4) is 0 Å². The van der Waals surface area contributed by atoms with Crippen molar-refractivity contribution in [1.29, 1.82) is 0 Å². The number of carbonyl (C=O) groups is 8. The molecule has 0 radical (unpaired) electrons. The molecule has 60 heavy (non-hydrogen) atoms. The number of esters is 2. The Balaban J connectivity index is 1.46. The summed E-state index contributed by atoms with van der Waals surface area (Å²) in [7, 11) is 4.77. The Labute approximate surface area is 349 Å². The van der Waals surface area contributed by atoms with Crippen LogP contribution in [0.3, 0.4) is 0 Å². The smallest absolute Gasteiger partial charge is 0.328 e. The van der Waals surface area contributed by atoms with E-state index in [-0.39, 0.29) is 70.0 Å². The van der Waals surface area contributed by atoms with Crippen molar-refractivity contribution >= 4 is 53.1 Å². The molecule has 17 nitrogen and oxygen atoms in total. The molecule has 3 aliphatic rings. The molecule has 2 saturated heterocycles. The van der Waals surface area contributed by atoms with Crippen LogP contribution in [0.15, 0.2) is 65.7 Å². The van der Waals surface area contributed by atoms with E-state index >= 15 is 0 Å². The Bertz CT molecular complexity index is 1940. The zero-order valence-corrected chi connectivity index (χ0v) is 34.8. The largest absolute Gasteiger partial charge is 0.465 e. The van der Waals surface area contributed by atoms with Crippen molar-refractivity contribution in [3.63, 3.8) is 0 Å². The predicted octanol–water partition coefficient (Wildman–Crippen LogP) is 0.536. The molecule has 0 saturated carbocycles. The number of rotatable bonds is 12. The minimum absolute atomic E-state index is 0.00824. The van der Waals surface area contributed by atoms with Crippen LogP contribution < -0.4 is 10.6 Å². The van der Waals surface area contributed by atoms with Crippen molar-refractivity contribution in [2.45, 2.75) is 82.6 Å². The van der Waals surface area contributed by atoms with E-state index in [1.165, 1.54) is 23.8 Å². The van der Waals surface area contributed by atoms with Crippen molar-refractivity contribution in [3.05, 3.63) is 71.8 Å². The zero-order valence-electron chi connectivity index (χ0n) is 34.8. The van der Waals surface area contributed by atoms with E-state index < -0.39 is 84.2 Å². The Morgan fingerprint density at radius 2 is 1.60 bits per heavy atom. The van der Waals surface area contributed by atoms with Crippen molar-refractivity contribution < 1.29 is 47.8 Å². The molecule has 0 aliphatic carbocycles. The van der Waals surface area contributed by atoms with Gasteiger partial charge in [0, 0.05) is 33.0 Å². The Morgan fingerprint density at radius 1 is 0.933 bits per heavy atom. The number of cyclic esters (lactones) is 1. The van der Waals surface area contributed by atoms with Gasteiger partial charge in [0.25, 0.3) is 11.8 Å². The number of ether oxygens (including phenoxy) is 2. The summed E-state index contributed by atoms with van der Waals surface area (Å²) in [6, 6.07) is 11.9. The number of benzene rings is 2. The maximum absolute atomic E-state index is 14.6. The van der Waals surface area contributed by atoms with E-state index in [4.69, 9.17) is 9.47 Å². The molecule has 3 heterocycles. The first kappa shape index (κ1) is 45.1. The minimum atomic E-state index is -1.50. The van der Waals surface area contributed by atoms with Gasteiger partial charge in [-0.2, -0.15) is 0 Å². The van der Waals surface area contributed by atoms with Crippen LogP contribution in [0.4, 0.5) is 0 Å². The van der Waals surface area contributed by atoms with Crippen molar-refractivity contribution in [2.24, 2.45) is 10.9 Å². The first-order chi connectivity index (χ1) is 28.6. The fraction of sp³-hybridized carbons (Fsp3) is 0.512. The first-order valence-electron chi connectivity index (χ1n) is 20.2. The van der Waals surface area contributed by atoms with E-state index in [2.05, 4.69) is 15.6 Å². The van der Waals surface area contributed by atoms with Gasteiger partial charge in [0.15, 0.2) is 0 Å². The lowest BCUT2D eigenvalue weighted by Crippen LogP contribution is -2.59. The van der Waals surface area contributed by atoms with Crippen molar-refractivity contribution in [2.75, 3.05) is 54.0 Å². The molecular weight excluding hydrogens is 775 g/mol. The number of amides is 6. The number of nitrogens with one attached hydrogen (secondary N) is 2. The average Bonchev–Trinajstić information content (AvgIpc) is 3.87. The van der Waals surface area contributed by atoms with Gasteiger partial charge in [0.05, 0.1) is 19.6 Å². The van der Waals surface area contributed by atoms with Gasteiger partial charge in [0.2, 0.25) is 23.6 Å². The highest BCUT2D eigenvalue weighted by molar-refractivity contribution is 6.39. The zero-order chi connectivity index (χ0) is 43.5. The van der Waals surface area contributed by atoms with Gasteiger partial charge in [-0.25, -0.2) is 9.79 Å². The lowest BCUT2D eigenvalue weighted by molar-refractivity contribution is -0.156. The van der Waals surface area contributed by atoms with Crippen LogP contribution in [-0.2, 0) is 60.7 Å². The van der Waals surface area contributed by atoms with Gasteiger partial charge >= 0.3 is 11.9 Å². The first-order valence-corrected chi connectivity index (χ1v) is 20.2. The minimum Gasteiger partial charge on any atom is -0.465 e. The van der Waals surface area contributed by atoms with Gasteiger partial charge < -0.3 is 34.8 Å². The van der Waals surface area contributed by atoms with Crippen LogP contribution in [-0.4, -0.2) is 157 Å². The van der Waals surface area contributed by atoms with Crippen molar-refractivity contribution in [1.82, 2.24) is 30.2 Å². The predicted molar refractivity (Wildman–Crippen MR) is 218 cm³/mol. The molecule has 2 N–H and O–H groups in total. The van der Waals surface area contributed by atoms with E-state index in [0.29, 0.717) is 6.42 Å². The number of likely N-dealkylation sites (N-methyl/N-ethyl adjacent to an activating group) is 2. The fourth-order valence-electron chi connectivity index (χ4n) is 7.73. The van der Waals surface area contributed by atoms with Crippen LogP contribution in [0.25, 0.3) is 0 Å². The number of hydrogen-bond acceptors (Lipinski definition) is 11. The lowest BCUT2D eigenvalue weighted by atomic mass is 10.0. The van der Waals surface area contributed by atoms with Crippen LogP contribution in [0.1, 0.15) is 50.7 Å². The summed E-state index contributed by atoms with van der Waals surface area (Å²) in [5.41, 5.74) is 1.25. The summed E-state index contributed by atoms with van der Waals surface area (Å²) >= 11 is 0. The number of aliphatic imine (C=N–C) groups is 1. The monoisotopic (exact) mass is 829 g/mol. The second kappa shape index (κ2) is 20.8. The summed E-state index contributed by atoms with van der Waals surface area (Å²) in [4.78, 5) is 120. The molecule has 2 fully saturated rings. The highest BCUT2D eigenvalue weighted by Crippen LogP contribution is 2.26. The molecule has 0 aromatic heterocycles. The fourth-order valence-corrected chi connectivity index (χ4v) is 7.73. The summed E-state index contributed by atoms with van der Waals surface area (Å²) < 4.78 is 11.1.